The summed E-state index contributed by atoms with van der Waals surface area (Å²) in [5.74, 6) is 1.72. The van der Waals surface area contributed by atoms with E-state index in [0.717, 1.165) is 31.5 Å². The molecule has 5 nitrogen and oxygen atoms in total. The van der Waals surface area contributed by atoms with Crippen LogP contribution in [0.1, 0.15) is 25.3 Å². The van der Waals surface area contributed by atoms with Crippen LogP contribution in [0.2, 0.25) is 5.02 Å². The smallest absolute Gasteiger partial charge is 0.234 e. The Labute approximate surface area is 158 Å². The predicted octanol–water partition coefficient (Wildman–Crippen LogP) is 3.59. The average Bonchev–Trinajstić information content (AvgIpc) is 2.58. The quantitative estimate of drug-likeness (QED) is 0.814. The Bertz CT molecular complexity index is 631. The van der Waals surface area contributed by atoms with Gasteiger partial charge in [0.1, 0.15) is 5.75 Å². The van der Waals surface area contributed by atoms with E-state index in [0.29, 0.717) is 28.1 Å². The lowest BCUT2D eigenvalue weighted by Gasteiger charge is -2.30. The molecule has 1 aromatic carbocycles. The number of thioether (sulfide) groups is 1. The van der Waals surface area contributed by atoms with Gasteiger partial charge in [-0.05, 0) is 37.3 Å². The van der Waals surface area contributed by atoms with Gasteiger partial charge in [-0.2, -0.15) is 0 Å². The topological polar surface area (TPSA) is 58.6 Å². The minimum absolute atomic E-state index is 0.115. The number of amides is 2. The molecule has 0 spiro atoms. The van der Waals surface area contributed by atoms with Crippen LogP contribution >= 0.6 is 23.4 Å². The molecular formula is C18H25ClN2O3S. The number of nitrogens with one attached hydrogen (secondary N) is 1. The molecule has 1 saturated heterocycles. The SMILES string of the molecule is COc1cc(Cl)c(C)cc1NC(=O)CSCC(=O)N1CCC(C)CC1. The van der Waals surface area contributed by atoms with Crippen LogP contribution in [0.15, 0.2) is 12.1 Å². The molecule has 1 fully saturated rings. The summed E-state index contributed by atoms with van der Waals surface area (Å²) < 4.78 is 5.25. The van der Waals surface area contributed by atoms with E-state index >= 15 is 0 Å². The fraction of sp³-hybridized carbons (Fsp3) is 0.556. The second-order valence-electron chi connectivity index (χ2n) is 6.41. The molecule has 7 heteroatoms. The molecule has 138 valence electrons. The van der Waals surface area contributed by atoms with Gasteiger partial charge in [-0.15, -0.1) is 11.8 Å². The van der Waals surface area contributed by atoms with Crippen molar-refractivity contribution in [3.05, 3.63) is 22.7 Å². The number of carbonyl (C=O) groups excluding carboxylic acids is 2. The number of carbonyl (C=O) groups is 2. The van der Waals surface area contributed by atoms with Crippen LogP contribution < -0.4 is 10.1 Å². The van der Waals surface area contributed by atoms with Gasteiger partial charge in [-0.25, -0.2) is 0 Å². The van der Waals surface area contributed by atoms with Crippen LogP contribution in [-0.4, -0.2) is 48.4 Å². The molecule has 2 amide bonds. The summed E-state index contributed by atoms with van der Waals surface area (Å²) in [4.78, 5) is 26.2. The second kappa shape index (κ2) is 9.34. The zero-order valence-corrected chi connectivity index (χ0v) is 16.5. The Kier molecular flexibility index (Phi) is 7.44. The van der Waals surface area contributed by atoms with Crippen molar-refractivity contribution in [2.75, 3.05) is 37.0 Å². The molecule has 0 aromatic heterocycles. The first kappa shape index (κ1) is 19.9. The summed E-state index contributed by atoms with van der Waals surface area (Å²) in [6.45, 7) is 5.74. The van der Waals surface area contributed by atoms with E-state index in [4.69, 9.17) is 16.3 Å². The number of hydrogen-bond acceptors (Lipinski definition) is 4. The predicted molar refractivity (Wildman–Crippen MR) is 104 cm³/mol. The van der Waals surface area contributed by atoms with Gasteiger partial charge >= 0.3 is 0 Å². The number of aryl methyl sites for hydroxylation is 1. The second-order valence-corrected chi connectivity index (χ2v) is 7.80. The van der Waals surface area contributed by atoms with E-state index in [9.17, 15) is 9.59 Å². The van der Waals surface area contributed by atoms with Crippen molar-refractivity contribution < 1.29 is 14.3 Å². The minimum atomic E-state index is -0.162. The highest BCUT2D eigenvalue weighted by Crippen LogP contribution is 2.31. The van der Waals surface area contributed by atoms with Gasteiger partial charge in [-0.1, -0.05) is 18.5 Å². The van der Waals surface area contributed by atoms with E-state index in [1.54, 1.807) is 12.1 Å². The van der Waals surface area contributed by atoms with Crippen LogP contribution in [-0.2, 0) is 9.59 Å². The van der Waals surface area contributed by atoms with E-state index in [2.05, 4.69) is 12.2 Å². The largest absolute Gasteiger partial charge is 0.495 e. The maximum atomic E-state index is 12.2. The normalized spacial score (nSPS) is 15.1. The number of methoxy groups -OCH3 is 1. The molecule has 1 heterocycles. The van der Waals surface area contributed by atoms with Gasteiger partial charge < -0.3 is 15.0 Å². The number of likely N-dealkylation sites (tertiary alicyclic amines) is 1. The van der Waals surface area contributed by atoms with Crippen molar-refractivity contribution in [1.29, 1.82) is 0 Å². The van der Waals surface area contributed by atoms with Crippen molar-refractivity contribution in [3.63, 3.8) is 0 Å². The van der Waals surface area contributed by atoms with Gasteiger partial charge in [0.05, 0.1) is 24.3 Å². The molecule has 0 atom stereocenters. The number of halogens is 1. The summed E-state index contributed by atoms with van der Waals surface area (Å²) >= 11 is 7.40. The van der Waals surface area contributed by atoms with Gasteiger partial charge in [0, 0.05) is 24.2 Å². The molecule has 0 aliphatic carbocycles. The number of hydrogen-bond donors (Lipinski definition) is 1. The number of nitrogens with zero attached hydrogens (tertiary/aromatic N) is 1. The number of ether oxygens (including phenoxy) is 1. The van der Waals surface area contributed by atoms with Crippen molar-refractivity contribution in [2.24, 2.45) is 5.92 Å². The third kappa shape index (κ3) is 5.82. The minimum Gasteiger partial charge on any atom is -0.495 e. The van der Waals surface area contributed by atoms with Crippen LogP contribution in [0, 0.1) is 12.8 Å². The molecule has 0 radical (unpaired) electrons. The molecule has 1 aliphatic heterocycles. The molecule has 2 rings (SSSR count). The van der Waals surface area contributed by atoms with Gasteiger partial charge in [0.15, 0.2) is 0 Å². The molecule has 0 unspecified atom stereocenters. The summed E-state index contributed by atoms with van der Waals surface area (Å²) in [6, 6.07) is 3.46. The van der Waals surface area contributed by atoms with Gasteiger partial charge in [0.2, 0.25) is 11.8 Å². The van der Waals surface area contributed by atoms with Crippen LogP contribution in [0.5, 0.6) is 5.75 Å². The Morgan fingerprint density at radius 1 is 1.32 bits per heavy atom. The Morgan fingerprint density at radius 2 is 2.00 bits per heavy atom. The van der Waals surface area contributed by atoms with E-state index in [1.807, 2.05) is 11.8 Å². The molecule has 25 heavy (non-hydrogen) atoms. The van der Waals surface area contributed by atoms with Crippen molar-refractivity contribution in [1.82, 2.24) is 4.90 Å². The van der Waals surface area contributed by atoms with Crippen molar-refractivity contribution in [2.45, 2.75) is 26.7 Å². The highest BCUT2D eigenvalue weighted by molar-refractivity contribution is 8.00. The third-order valence-corrected chi connectivity index (χ3v) is 5.67. The first-order chi connectivity index (χ1) is 11.9. The summed E-state index contributed by atoms with van der Waals surface area (Å²) in [6.07, 6.45) is 2.12. The number of piperidine rings is 1. The lowest BCUT2D eigenvalue weighted by molar-refractivity contribution is -0.129. The Hall–Kier alpha value is -1.40. The third-order valence-electron chi connectivity index (χ3n) is 4.35. The van der Waals surface area contributed by atoms with Crippen molar-refractivity contribution >= 4 is 40.9 Å². The van der Waals surface area contributed by atoms with E-state index in [-0.39, 0.29) is 17.6 Å². The highest BCUT2D eigenvalue weighted by atomic mass is 35.5. The number of anilines is 1. The zero-order valence-electron chi connectivity index (χ0n) is 14.9. The molecular weight excluding hydrogens is 360 g/mol. The summed E-state index contributed by atoms with van der Waals surface area (Å²) in [5, 5.41) is 3.41. The summed E-state index contributed by atoms with van der Waals surface area (Å²) in [5.41, 5.74) is 1.45. The Balaban J connectivity index is 1.79. The molecule has 1 N–H and O–H groups in total. The Morgan fingerprint density at radius 3 is 2.64 bits per heavy atom. The lowest BCUT2D eigenvalue weighted by Crippen LogP contribution is -2.39. The average molecular weight is 385 g/mol. The summed E-state index contributed by atoms with van der Waals surface area (Å²) in [7, 11) is 1.53. The fourth-order valence-electron chi connectivity index (χ4n) is 2.70. The molecule has 1 aliphatic rings. The van der Waals surface area contributed by atoms with E-state index in [1.165, 1.54) is 18.9 Å². The molecule has 0 saturated carbocycles. The van der Waals surface area contributed by atoms with Crippen LogP contribution in [0.4, 0.5) is 5.69 Å². The maximum Gasteiger partial charge on any atom is 0.234 e. The molecule has 1 aromatic rings. The highest BCUT2D eigenvalue weighted by Gasteiger charge is 2.20. The molecule has 0 bridgehead atoms. The fourth-order valence-corrected chi connectivity index (χ4v) is 3.57. The maximum absolute atomic E-state index is 12.2. The first-order valence-corrected chi connectivity index (χ1v) is 9.93. The zero-order chi connectivity index (χ0) is 18.4. The standard InChI is InChI=1S/C18H25ClN2O3S/c1-12-4-6-21(7-5-12)18(23)11-25-10-17(22)20-15-8-13(2)14(19)9-16(15)24-3/h8-9,12H,4-7,10-11H2,1-3H3,(H,20,22). The monoisotopic (exact) mass is 384 g/mol. The number of benzene rings is 1. The van der Waals surface area contributed by atoms with Crippen molar-refractivity contribution in [3.8, 4) is 5.75 Å². The van der Waals surface area contributed by atoms with Crippen LogP contribution in [0.25, 0.3) is 0 Å². The first-order valence-electron chi connectivity index (χ1n) is 8.40. The van der Waals surface area contributed by atoms with Crippen LogP contribution in [0.3, 0.4) is 0 Å². The number of rotatable bonds is 6. The van der Waals surface area contributed by atoms with E-state index < -0.39 is 0 Å². The lowest BCUT2D eigenvalue weighted by atomic mass is 9.99. The van der Waals surface area contributed by atoms with Gasteiger partial charge in [0.25, 0.3) is 0 Å². The van der Waals surface area contributed by atoms with Gasteiger partial charge in [-0.3, -0.25) is 9.59 Å².